The lowest BCUT2D eigenvalue weighted by Crippen LogP contribution is -2.33. The van der Waals surface area contributed by atoms with Crippen molar-refractivity contribution in [3.63, 3.8) is 0 Å². The summed E-state index contributed by atoms with van der Waals surface area (Å²) in [5.74, 6) is 0.972. The van der Waals surface area contributed by atoms with Gasteiger partial charge in [0.05, 0.1) is 17.8 Å². The molecule has 0 spiro atoms. The molecular formula is C27H40N2S2. The lowest BCUT2D eigenvalue weighted by atomic mass is 10.0. The topological polar surface area (TPSA) is 6.48 Å². The SMILES string of the molecule is C\C=C/C=C(\C=C/C)CSN1C/C=C\c2ccccc2N(C(CCCC)CCCC)S1. The van der Waals surface area contributed by atoms with Gasteiger partial charge in [-0.05, 0) is 43.9 Å². The predicted molar refractivity (Wildman–Crippen MR) is 145 cm³/mol. The monoisotopic (exact) mass is 456 g/mol. The van der Waals surface area contributed by atoms with Gasteiger partial charge in [-0.25, -0.2) is 0 Å². The van der Waals surface area contributed by atoms with Gasteiger partial charge in [0.15, 0.2) is 0 Å². The Morgan fingerprint density at radius 2 is 1.84 bits per heavy atom. The van der Waals surface area contributed by atoms with E-state index in [1.807, 2.05) is 24.1 Å². The normalized spacial score (nSPS) is 16.8. The average molecular weight is 457 g/mol. The minimum Gasteiger partial charge on any atom is -0.299 e. The third-order valence-corrected chi connectivity index (χ3v) is 7.69. The van der Waals surface area contributed by atoms with Crippen LogP contribution in [-0.2, 0) is 0 Å². The molecule has 4 heteroatoms. The van der Waals surface area contributed by atoms with Crippen LogP contribution in [0.5, 0.6) is 0 Å². The fourth-order valence-corrected chi connectivity index (χ4v) is 5.79. The Bertz CT molecular complexity index is 743. The van der Waals surface area contributed by atoms with E-state index in [0.717, 1.165) is 12.3 Å². The van der Waals surface area contributed by atoms with Gasteiger partial charge in [-0.15, -0.1) is 0 Å². The first-order valence-electron chi connectivity index (χ1n) is 11.8. The summed E-state index contributed by atoms with van der Waals surface area (Å²) in [6.07, 6.45) is 23.0. The highest BCUT2D eigenvalue weighted by Crippen LogP contribution is 2.39. The lowest BCUT2D eigenvalue weighted by molar-refractivity contribution is 0.523. The van der Waals surface area contributed by atoms with Gasteiger partial charge in [-0.3, -0.25) is 4.31 Å². The van der Waals surface area contributed by atoms with Crippen LogP contribution < -0.4 is 4.31 Å². The van der Waals surface area contributed by atoms with Gasteiger partial charge in [-0.1, -0.05) is 112 Å². The summed E-state index contributed by atoms with van der Waals surface area (Å²) in [5.41, 5.74) is 4.03. The van der Waals surface area contributed by atoms with E-state index in [4.69, 9.17) is 0 Å². The van der Waals surface area contributed by atoms with Crippen LogP contribution in [0.3, 0.4) is 0 Å². The molecule has 0 radical (unpaired) electrons. The molecule has 0 atom stereocenters. The fraction of sp³-hybridized carbons (Fsp3) is 0.481. The van der Waals surface area contributed by atoms with Crippen molar-refractivity contribution in [2.75, 3.05) is 16.6 Å². The van der Waals surface area contributed by atoms with Crippen molar-refractivity contribution in [2.24, 2.45) is 0 Å². The first-order chi connectivity index (χ1) is 15.2. The highest BCUT2D eigenvalue weighted by atomic mass is 32.2. The largest absolute Gasteiger partial charge is 0.299 e. The summed E-state index contributed by atoms with van der Waals surface area (Å²) in [5, 5.41) is 0. The van der Waals surface area contributed by atoms with Gasteiger partial charge in [0, 0.05) is 18.3 Å². The molecule has 2 rings (SSSR count). The Labute approximate surface area is 200 Å². The maximum atomic E-state index is 2.61. The first kappa shape index (κ1) is 25.9. The van der Waals surface area contributed by atoms with Crippen molar-refractivity contribution in [3.8, 4) is 0 Å². The van der Waals surface area contributed by atoms with Crippen LogP contribution >= 0.6 is 24.1 Å². The molecule has 0 fully saturated rings. The van der Waals surface area contributed by atoms with Gasteiger partial charge in [0.25, 0.3) is 0 Å². The lowest BCUT2D eigenvalue weighted by Gasteiger charge is -2.37. The molecule has 0 saturated heterocycles. The third-order valence-electron chi connectivity index (χ3n) is 5.28. The van der Waals surface area contributed by atoms with E-state index < -0.39 is 0 Å². The Balaban J connectivity index is 2.26. The van der Waals surface area contributed by atoms with Crippen LogP contribution in [0.15, 0.2) is 66.3 Å². The molecule has 0 aliphatic carbocycles. The Kier molecular flexibility index (Phi) is 12.9. The number of hydrogen-bond donors (Lipinski definition) is 0. The summed E-state index contributed by atoms with van der Waals surface area (Å²) in [4.78, 5) is 0. The minimum atomic E-state index is 0.564. The van der Waals surface area contributed by atoms with E-state index in [-0.39, 0.29) is 0 Å². The number of para-hydroxylation sites is 1. The van der Waals surface area contributed by atoms with Gasteiger partial charge in [0.1, 0.15) is 0 Å². The van der Waals surface area contributed by atoms with Crippen molar-refractivity contribution >= 4 is 35.8 Å². The summed E-state index contributed by atoms with van der Waals surface area (Å²) in [6.45, 7) is 9.69. The second kappa shape index (κ2) is 15.4. The van der Waals surface area contributed by atoms with E-state index in [1.165, 1.54) is 55.3 Å². The van der Waals surface area contributed by atoms with Crippen molar-refractivity contribution < 1.29 is 0 Å². The highest BCUT2D eigenvalue weighted by molar-refractivity contribution is 8.12. The molecule has 0 saturated carbocycles. The van der Waals surface area contributed by atoms with Crippen LogP contribution in [0.25, 0.3) is 6.08 Å². The Morgan fingerprint density at radius 1 is 1.10 bits per heavy atom. The number of hydrogen-bond acceptors (Lipinski definition) is 4. The molecule has 1 aromatic carbocycles. The van der Waals surface area contributed by atoms with E-state index in [0.29, 0.717) is 6.04 Å². The first-order valence-corrected chi connectivity index (χ1v) is 13.5. The second-order valence-corrected chi connectivity index (χ2v) is 10.1. The highest BCUT2D eigenvalue weighted by Gasteiger charge is 2.25. The summed E-state index contributed by atoms with van der Waals surface area (Å²) < 4.78 is 5.06. The van der Waals surface area contributed by atoms with E-state index in [9.17, 15) is 0 Å². The number of anilines is 1. The van der Waals surface area contributed by atoms with Crippen LogP contribution in [0.4, 0.5) is 5.69 Å². The van der Waals surface area contributed by atoms with Crippen LogP contribution in [0.2, 0.25) is 0 Å². The molecule has 1 heterocycles. The van der Waals surface area contributed by atoms with Crippen LogP contribution in [0, 0.1) is 0 Å². The maximum Gasteiger partial charge on any atom is 0.0557 e. The number of rotatable bonds is 12. The zero-order valence-corrected chi connectivity index (χ0v) is 21.4. The molecule has 1 aliphatic rings. The number of unbranched alkanes of at least 4 members (excludes halogenated alkanes) is 2. The smallest absolute Gasteiger partial charge is 0.0557 e. The molecule has 1 aromatic rings. The number of fused-ring (bicyclic) bond motifs is 1. The van der Waals surface area contributed by atoms with E-state index >= 15 is 0 Å². The van der Waals surface area contributed by atoms with Gasteiger partial charge in [0.2, 0.25) is 0 Å². The molecule has 0 unspecified atom stereocenters. The van der Waals surface area contributed by atoms with E-state index in [1.54, 1.807) is 0 Å². The number of allylic oxidation sites excluding steroid dienone is 5. The van der Waals surface area contributed by atoms with Crippen molar-refractivity contribution in [3.05, 3.63) is 71.9 Å². The summed E-state index contributed by atoms with van der Waals surface area (Å²) >= 11 is 3.82. The molecule has 1 aliphatic heterocycles. The molecule has 0 amide bonds. The molecule has 0 N–H and O–H groups in total. The Morgan fingerprint density at radius 3 is 2.52 bits per heavy atom. The summed E-state index contributed by atoms with van der Waals surface area (Å²) in [6, 6.07) is 9.45. The maximum absolute atomic E-state index is 2.61. The molecule has 0 aromatic heterocycles. The summed E-state index contributed by atoms with van der Waals surface area (Å²) in [7, 11) is 0. The van der Waals surface area contributed by atoms with Crippen LogP contribution in [-0.4, -0.2) is 22.0 Å². The Hall–Kier alpha value is -1.36. The van der Waals surface area contributed by atoms with Gasteiger partial charge < -0.3 is 0 Å². The zero-order valence-electron chi connectivity index (χ0n) is 19.8. The molecular weight excluding hydrogens is 416 g/mol. The predicted octanol–water partition coefficient (Wildman–Crippen LogP) is 8.86. The molecule has 2 nitrogen and oxygen atoms in total. The molecule has 31 heavy (non-hydrogen) atoms. The van der Waals surface area contributed by atoms with Crippen LogP contribution in [0.1, 0.15) is 71.8 Å². The number of nitrogens with zero attached hydrogens (tertiary/aromatic N) is 2. The second-order valence-electron chi connectivity index (χ2n) is 7.86. The fourth-order valence-electron chi connectivity index (χ4n) is 3.60. The van der Waals surface area contributed by atoms with Gasteiger partial charge >= 0.3 is 0 Å². The number of benzene rings is 1. The zero-order chi connectivity index (χ0) is 22.3. The van der Waals surface area contributed by atoms with Crippen molar-refractivity contribution in [1.82, 2.24) is 3.71 Å². The average Bonchev–Trinajstić information content (AvgIpc) is 2.78. The molecule has 0 bridgehead atoms. The molecule has 170 valence electrons. The van der Waals surface area contributed by atoms with Crippen molar-refractivity contribution in [2.45, 2.75) is 72.3 Å². The van der Waals surface area contributed by atoms with Crippen molar-refractivity contribution in [1.29, 1.82) is 0 Å². The third kappa shape index (κ3) is 8.96. The standard InChI is InChI=1S/C27H40N2S2/c1-5-9-16-24(15-8-4)23-30-28-22-14-18-25-17-12-13-21-27(25)29(31-28)26(19-10-6-2)20-11-7-3/h5,8-9,12-18,21,26H,6-7,10-11,19-20,22-23H2,1-4H3/b9-5-,15-8-,18-14-,24-16+. The quantitative estimate of drug-likeness (QED) is 0.229. The van der Waals surface area contributed by atoms with E-state index in [2.05, 4.69) is 103 Å². The minimum absolute atomic E-state index is 0.564. The van der Waals surface area contributed by atoms with Gasteiger partial charge in [-0.2, -0.15) is 3.71 Å².